The highest BCUT2D eigenvalue weighted by Gasteiger charge is 2.51. The Morgan fingerprint density at radius 1 is 1.10 bits per heavy atom. The number of alkyl halides is 3. The number of likely N-dealkylation sites (tertiary alicyclic amines) is 1. The minimum atomic E-state index is -5.08. The third-order valence-corrected chi connectivity index (χ3v) is 8.77. The molecule has 1 aromatic carbocycles. The van der Waals surface area contributed by atoms with Gasteiger partial charge in [-0.05, 0) is 81.3 Å². The Hall–Kier alpha value is -2.34. The topological polar surface area (TPSA) is 100 Å². The number of benzene rings is 1. The van der Waals surface area contributed by atoms with Crippen molar-refractivity contribution in [2.45, 2.75) is 94.5 Å². The van der Waals surface area contributed by atoms with Gasteiger partial charge in [-0.1, -0.05) is 39.2 Å². The number of amides is 2. The second-order valence-corrected chi connectivity index (χ2v) is 11.4. The van der Waals surface area contributed by atoms with Gasteiger partial charge >= 0.3 is 18.2 Å². The highest BCUT2D eigenvalue weighted by atomic mass is 32.2. The molecule has 3 unspecified atom stereocenters. The molecule has 1 heterocycles. The van der Waals surface area contributed by atoms with E-state index in [1.807, 2.05) is 0 Å². The number of carboxylic acid groups (broad SMARTS) is 1. The molecule has 2 aliphatic rings. The summed E-state index contributed by atoms with van der Waals surface area (Å²) in [6, 6.07) is 6.94. The summed E-state index contributed by atoms with van der Waals surface area (Å²) in [5.41, 5.74) is 1.52. The van der Waals surface area contributed by atoms with E-state index in [1.54, 1.807) is 26.2 Å². The van der Waals surface area contributed by atoms with Gasteiger partial charge in [-0.15, -0.1) is 0 Å². The average molecular weight is 592 g/mol. The Labute approximate surface area is 239 Å². The summed E-state index contributed by atoms with van der Waals surface area (Å²) in [6.07, 6.45) is 5.32. The second-order valence-electron chi connectivity index (χ2n) is 10.3. The number of urea groups is 1. The molecule has 2 fully saturated rings. The van der Waals surface area contributed by atoms with Crippen LogP contribution in [0.1, 0.15) is 77.2 Å². The number of methoxy groups -OCH3 is 2. The van der Waals surface area contributed by atoms with E-state index in [0.717, 1.165) is 63.2 Å². The third kappa shape index (κ3) is 9.36. The normalized spacial score (nSPS) is 22.5. The molecule has 3 N–H and O–H groups in total. The van der Waals surface area contributed by atoms with Crippen molar-refractivity contribution in [3.63, 3.8) is 0 Å². The zero-order valence-corrected chi connectivity index (χ0v) is 24.8. The van der Waals surface area contributed by atoms with Gasteiger partial charge in [0.2, 0.25) is 0 Å². The molecule has 3 rings (SSSR count). The van der Waals surface area contributed by atoms with Crippen LogP contribution in [0.15, 0.2) is 18.2 Å². The van der Waals surface area contributed by atoms with Gasteiger partial charge in [0, 0.05) is 23.3 Å². The summed E-state index contributed by atoms with van der Waals surface area (Å²) >= 11 is 1.62. The predicted octanol–water partition coefficient (Wildman–Crippen LogP) is 6.14. The Kier molecular flexibility index (Phi) is 13.7. The molecular weight excluding hydrogens is 547 g/mol. The van der Waals surface area contributed by atoms with Crippen LogP contribution in [-0.4, -0.2) is 73.3 Å². The molecule has 2 amide bonds. The minimum absolute atomic E-state index is 0.0589. The lowest BCUT2D eigenvalue weighted by molar-refractivity contribution is -0.192. The largest absolute Gasteiger partial charge is 0.493 e. The summed E-state index contributed by atoms with van der Waals surface area (Å²) in [4.78, 5) is 23.8. The van der Waals surface area contributed by atoms with E-state index >= 15 is 0 Å². The number of carbonyl (C=O) groups excluding carboxylic acids is 1. The van der Waals surface area contributed by atoms with E-state index in [9.17, 15) is 18.0 Å². The Bertz CT molecular complexity index is 952. The number of hydrogen-bond donors (Lipinski definition) is 3. The number of carboxylic acids is 1. The first kappa shape index (κ1) is 33.9. The summed E-state index contributed by atoms with van der Waals surface area (Å²) in [6.45, 7) is 7.45. The Morgan fingerprint density at radius 2 is 1.77 bits per heavy atom. The lowest BCUT2D eigenvalue weighted by Gasteiger charge is -2.45. The molecule has 1 aliphatic heterocycles. The first-order valence-electron chi connectivity index (χ1n) is 14.0. The van der Waals surface area contributed by atoms with Gasteiger partial charge in [-0.3, -0.25) is 9.62 Å². The molecule has 1 aromatic rings. The van der Waals surface area contributed by atoms with Gasteiger partial charge in [0.25, 0.3) is 0 Å². The molecule has 0 spiro atoms. The monoisotopic (exact) mass is 591 g/mol. The highest BCUT2D eigenvalue weighted by Crippen LogP contribution is 2.51. The van der Waals surface area contributed by atoms with Crippen molar-refractivity contribution in [3.8, 4) is 11.5 Å². The first-order valence-corrected chi connectivity index (χ1v) is 14.9. The predicted molar refractivity (Wildman–Crippen MR) is 151 cm³/mol. The van der Waals surface area contributed by atoms with Crippen LogP contribution in [0.2, 0.25) is 0 Å². The lowest BCUT2D eigenvalue weighted by Crippen LogP contribution is -2.48. The number of unbranched alkanes of at least 4 members (excludes halogenated alkanes) is 3. The number of nitrogens with zero attached hydrogens (tertiary/aromatic N) is 1. The van der Waals surface area contributed by atoms with Crippen LogP contribution in [0.3, 0.4) is 0 Å². The van der Waals surface area contributed by atoms with Crippen LogP contribution in [0.5, 0.6) is 11.5 Å². The lowest BCUT2D eigenvalue weighted by atomic mass is 9.66. The molecular formula is C28H44F3N3O5S. The average Bonchev–Trinajstić information content (AvgIpc) is 3.30. The summed E-state index contributed by atoms with van der Waals surface area (Å²) in [7, 11) is 3.41. The van der Waals surface area contributed by atoms with E-state index in [-0.39, 0.29) is 11.4 Å². The first-order chi connectivity index (χ1) is 19.0. The second kappa shape index (κ2) is 16.2. The van der Waals surface area contributed by atoms with E-state index in [0.29, 0.717) is 11.3 Å². The Balaban J connectivity index is 0.000000708. The number of fused-ring (bicyclic) bond motifs is 1. The number of aliphatic carboxylic acids is 1. The zero-order valence-electron chi connectivity index (χ0n) is 23.9. The van der Waals surface area contributed by atoms with Crippen LogP contribution in [0, 0.1) is 0 Å². The maximum absolute atomic E-state index is 12.2. The van der Waals surface area contributed by atoms with Gasteiger partial charge in [0.1, 0.15) is 0 Å². The number of halogens is 3. The maximum Gasteiger partial charge on any atom is 0.490 e. The maximum atomic E-state index is 12.2. The van der Waals surface area contributed by atoms with E-state index in [2.05, 4.69) is 47.0 Å². The fourth-order valence-electron chi connectivity index (χ4n) is 5.58. The van der Waals surface area contributed by atoms with E-state index in [1.165, 1.54) is 31.2 Å². The van der Waals surface area contributed by atoms with Crippen LogP contribution >= 0.6 is 11.9 Å². The standard InChI is InChI=1S/C26H43N3O3S.C2HF3O2/c1-5-7-9-16-29-17-14-26(20-10-11-22(31-3)23(18-20)32-4)13-12-21(19-24(26)29)33-28-25(30)27-15-8-6-2;3-2(4,5)1(6)7/h10-11,18,21,24H,5-9,12-17,19H2,1-4H3,(H2,27,28,30);(H,6,7). The van der Waals surface area contributed by atoms with Crippen LogP contribution in [0.4, 0.5) is 18.0 Å². The van der Waals surface area contributed by atoms with E-state index in [4.69, 9.17) is 19.4 Å². The van der Waals surface area contributed by atoms with Crippen LogP contribution < -0.4 is 19.5 Å². The molecule has 0 bridgehead atoms. The van der Waals surface area contributed by atoms with Crippen molar-refractivity contribution in [1.29, 1.82) is 0 Å². The number of ether oxygens (including phenoxy) is 2. The van der Waals surface area contributed by atoms with Crippen LogP contribution in [-0.2, 0) is 10.2 Å². The summed E-state index contributed by atoms with van der Waals surface area (Å²) < 4.78 is 45.9. The van der Waals surface area contributed by atoms with E-state index < -0.39 is 12.1 Å². The molecule has 3 atom stereocenters. The number of hydrogen-bond acceptors (Lipinski definition) is 6. The molecule has 1 aliphatic carbocycles. The van der Waals surface area contributed by atoms with Crippen molar-refractivity contribution in [2.24, 2.45) is 0 Å². The smallest absolute Gasteiger partial charge is 0.490 e. The van der Waals surface area contributed by atoms with Gasteiger partial charge in [-0.25, -0.2) is 9.59 Å². The van der Waals surface area contributed by atoms with Crippen LogP contribution in [0.25, 0.3) is 0 Å². The molecule has 40 heavy (non-hydrogen) atoms. The molecule has 0 aromatic heterocycles. The molecule has 1 saturated heterocycles. The molecule has 0 radical (unpaired) electrons. The van der Waals surface area contributed by atoms with Crippen molar-refractivity contribution in [3.05, 3.63) is 23.8 Å². The quantitative estimate of drug-likeness (QED) is 0.198. The summed E-state index contributed by atoms with van der Waals surface area (Å²) in [5.74, 6) is -1.16. The Morgan fingerprint density at radius 3 is 2.38 bits per heavy atom. The molecule has 1 saturated carbocycles. The third-order valence-electron chi connectivity index (χ3n) is 7.71. The molecule has 8 nitrogen and oxygen atoms in total. The van der Waals surface area contributed by atoms with Gasteiger partial charge in [-0.2, -0.15) is 13.2 Å². The molecule has 228 valence electrons. The fraction of sp³-hybridized carbons (Fsp3) is 0.714. The SMILES string of the molecule is CCCCCN1CCC2(c3ccc(OC)c(OC)c3)CCC(SNC(=O)NCCCC)CC12.O=C(O)C(F)(F)F. The number of rotatable bonds is 12. The van der Waals surface area contributed by atoms with Crippen molar-refractivity contribution in [2.75, 3.05) is 33.9 Å². The van der Waals surface area contributed by atoms with Gasteiger partial charge in [0.05, 0.1) is 14.2 Å². The highest BCUT2D eigenvalue weighted by molar-refractivity contribution is 7.98. The van der Waals surface area contributed by atoms with Gasteiger partial charge in [0.15, 0.2) is 11.5 Å². The van der Waals surface area contributed by atoms with Crippen molar-refractivity contribution < 1.29 is 37.3 Å². The number of carbonyl (C=O) groups is 2. The fourth-order valence-corrected chi connectivity index (χ4v) is 6.45. The van der Waals surface area contributed by atoms with Crippen molar-refractivity contribution >= 4 is 23.9 Å². The molecule has 12 heteroatoms. The summed E-state index contributed by atoms with van der Waals surface area (Å²) in [5, 5.41) is 10.5. The van der Waals surface area contributed by atoms with Crippen molar-refractivity contribution in [1.82, 2.24) is 14.9 Å². The minimum Gasteiger partial charge on any atom is -0.493 e. The zero-order chi connectivity index (χ0) is 29.8. The number of nitrogens with one attached hydrogen (secondary N) is 2. The van der Waals surface area contributed by atoms with Gasteiger partial charge < -0.3 is 19.9 Å².